The van der Waals surface area contributed by atoms with Crippen LogP contribution in [0.2, 0.25) is 0 Å². The molecule has 1 unspecified atom stereocenters. The molecule has 15 heavy (non-hydrogen) atoms. The molecule has 2 nitrogen and oxygen atoms in total. The van der Waals surface area contributed by atoms with Gasteiger partial charge in [-0.15, -0.1) is 11.6 Å². The molecule has 1 N–H and O–H groups in total. The van der Waals surface area contributed by atoms with Crippen molar-refractivity contribution in [2.75, 3.05) is 5.88 Å². The second-order valence-electron chi connectivity index (χ2n) is 3.87. The van der Waals surface area contributed by atoms with Gasteiger partial charge in [0, 0.05) is 17.9 Å². The second kappa shape index (κ2) is 4.67. The highest BCUT2D eigenvalue weighted by Gasteiger charge is 2.26. The first-order valence-corrected chi connectivity index (χ1v) is 5.76. The zero-order valence-electron chi connectivity index (χ0n) is 8.49. The molecule has 0 saturated carbocycles. The van der Waals surface area contributed by atoms with E-state index in [4.69, 9.17) is 16.8 Å². The van der Waals surface area contributed by atoms with Crippen LogP contribution in [0.15, 0.2) is 29.4 Å². The lowest BCUT2D eigenvalue weighted by atomic mass is 9.97. The zero-order valence-corrected chi connectivity index (χ0v) is 9.24. The molecule has 0 heterocycles. The third kappa shape index (κ3) is 2.00. The molecule has 0 bridgehead atoms. The van der Waals surface area contributed by atoms with Crippen molar-refractivity contribution in [3.63, 3.8) is 0 Å². The van der Waals surface area contributed by atoms with Gasteiger partial charge >= 0.3 is 0 Å². The largest absolute Gasteiger partial charge is 0.411 e. The monoisotopic (exact) mass is 223 g/mol. The third-order valence-electron chi connectivity index (χ3n) is 2.96. The molecule has 0 aromatic heterocycles. The average Bonchev–Trinajstić information content (AvgIpc) is 2.65. The smallest absolute Gasteiger partial charge is 0.0876 e. The van der Waals surface area contributed by atoms with Crippen molar-refractivity contribution in [3.8, 4) is 0 Å². The maximum Gasteiger partial charge on any atom is 0.0876 e. The van der Waals surface area contributed by atoms with Crippen molar-refractivity contribution in [1.29, 1.82) is 0 Å². The highest BCUT2D eigenvalue weighted by atomic mass is 35.5. The first kappa shape index (κ1) is 10.5. The van der Waals surface area contributed by atoms with E-state index in [0.717, 1.165) is 30.5 Å². The van der Waals surface area contributed by atoms with Crippen LogP contribution in [-0.4, -0.2) is 16.8 Å². The topological polar surface area (TPSA) is 32.6 Å². The van der Waals surface area contributed by atoms with E-state index in [0.29, 0.717) is 11.8 Å². The van der Waals surface area contributed by atoms with Crippen molar-refractivity contribution >= 4 is 17.3 Å². The van der Waals surface area contributed by atoms with E-state index in [-0.39, 0.29) is 0 Å². The molecular weight excluding hydrogens is 210 g/mol. The predicted molar refractivity (Wildman–Crippen MR) is 62.1 cm³/mol. The minimum absolute atomic E-state index is 0.478. The van der Waals surface area contributed by atoms with Crippen LogP contribution < -0.4 is 0 Å². The van der Waals surface area contributed by atoms with E-state index in [1.54, 1.807) is 0 Å². The Balaban J connectivity index is 2.26. The molecule has 1 atom stereocenters. The summed E-state index contributed by atoms with van der Waals surface area (Å²) in [6.45, 7) is 0. The Morgan fingerprint density at radius 3 is 2.93 bits per heavy atom. The van der Waals surface area contributed by atoms with E-state index in [2.05, 4.69) is 11.2 Å². The van der Waals surface area contributed by atoms with Gasteiger partial charge in [0.15, 0.2) is 0 Å². The molecule has 1 aliphatic carbocycles. The number of hydrogen-bond donors (Lipinski definition) is 1. The molecule has 1 aromatic carbocycles. The average molecular weight is 224 g/mol. The second-order valence-corrected chi connectivity index (χ2v) is 4.24. The number of alkyl halides is 1. The number of oxime groups is 1. The Hall–Kier alpha value is -1.02. The van der Waals surface area contributed by atoms with Gasteiger partial charge in [0.2, 0.25) is 0 Å². The van der Waals surface area contributed by atoms with E-state index in [1.165, 1.54) is 5.56 Å². The Labute approximate surface area is 94.6 Å². The van der Waals surface area contributed by atoms with Gasteiger partial charge in [-0.1, -0.05) is 29.4 Å². The number of rotatable bonds is 3. The molecule has 0 fully saturated rings. The Morgan fingerprint density at radius 2 is 2.20 bits per heavy atom. The van der Waals surface area contributed by atoms with Crippen molar-refractivity contribution in [2.24, 2.45) is 5.16 Å². The van der Waals surface area contributed by atoms with Gasteiger partial charge in [-0.2, -0.15) is 0 Å². The molecule has 0 spiro atoms. The SMILES string of the molecule is O/N=C1\CC(CCCCl)c2ccccc21. The third-order valence-corrected chi connectivity index (χ3v) is 3.23. The maximum atomic E-state index is 8.92. The maximum absolute atomic E-state index is 8.92. The minimum Gasteiger partial charge on any atom is -0.411 e. The van der Waals surface area contributed by atoms with Crippen LogP contribution in [0.4, 0.5) is 0 Å². The lowest BCUT2D eigenvalue weighted by molar-refractivity contribution is 0.318. The standard InChI is InChI=1S/C12H14ClNO/c13-7-3-4-9-8-12(14-15)11-6-2-1-5-10(9)11/h1-2,5-6,9,15H,3-4,7-8H2/b14-12+. The Morgan fingerprint density at radius 1 is 1.40 bits per heavy atom. The van der Waals surface area contributed by atoms with Crippen LogP contribution in [0.5, 0.6) is 0 Å². The lowest BCUT2D eigenvalue weighted by Crippen LogP contribution is -1.95. The highest BCUT2D eigenvalue weighted by Crippen LogP contribution is 2.36. The zero-order chi connectivity index (χ0) is 10.7. The van der Waals surface area contributed by atoms with Crippen molar-refractivity contribution < 1.29 is 5.21 Å². The quantitative estimate of drug-likeness (QED) is 0.476. The summed E-state index contributed by atoms with van der Waals surface area (Å²) in [5.74, 6) is 1.18. The first-order valence-electron chi connectivity index (χ1n) is 5.23. The summed E-state index contributed by atoms with van der Waals surface area (Å²) in [6, 6.07) is 8.15. The molecule has 80 valence electrons. The molecule has 0 radical (unpaired) electrons. The summed E-state index contributed by atoms with van der Waals surface area (Å²) in [7, 11) is 0. The van der Waals surface area contributed by atoms with E-state index in [9.17, 15) is 0 Å². The van der Waals surface area contributed by atoms with Crippen LogP contribution in [-0.2, 0) is 0 Å². The van der Waals surface area contributed by atoms with E-state index in [1.807, 2.05) is 18.2 Å². The summed E-state index contributed by atoms with van der Waals surface area (Å²) in [4.78, 5) is 0. The molecule has 2 rings (SSSR count). The van der Waals surface area contributed by atoms with Crippen molar-refractivity contribution in [3.05, 3.63) is 35.4 Å². The van der Waals surface area contributed by atoms with Gasteiger partial charge in [0.25, 0.3) is 0 Å². The summed E-state index contributed by atoms with van der Waals surface area (Å²) >= 11 is 5.70. The van der Waals surface area contributed by atoms with Crippen LogP contribution in [0.3, 0.4) is 0 Å². The molecule has 0 amide bonds. The van der Waals surface area contributed by atoms with Gasteiger partial charge in [-0.05, 0) is 24.3 Å². The van der Waals surface area contributed by atoms with Crippen LogP contribution in [0.1, 0.15) is 36.3 Å². The molecular formula is C12H14ClNO. The van der Waals surface area contributed by atoms with Gasteiger partial charge in [0.1, 0.15) is 0 Å². The van der Waals surface area contributed by atoms with Crippen molar-refractivity contribution in [1.82, 2.24) is 0 Å². The number of hydrogen-bond acceptors (Lipinski definition) is 2. The summed E-state index contributed by atoms with van der Waals surface area (Å²) in [5, 5.41) is 12.3. The van der Waals surface area contributed by atoms with Gasteiger partial charge in [0.05, 0.1) is 5.71 Å². The van der Waals surface area contributed by atoms with Gasteiger partial charge < -0.3 is 5.21 Å². The highest BCUT2D eigenvalue weighted by molar-refractivity contribution is 6.17. The van der Waals surface area contributed by atoms with Crippen LogP contribution in [0, 0.1) is 0 Å². The van der Waals surface area contributed by atoms with E-state index < -0.39 is 0 Å². The molecule has 0 aliphatic heterocycles. The van der Waals surface area contributed by atoms with Gasteiger partial charge in [-0.3, -0.25) is 0 Å². The number of halogens is 1. The van der Waals surface area contributed by atoms with Gasteiger partial charge in [-0.25, -0.2) is 0 Å². The van der Waals surface area contributed by atoms with Crippen LogP contribution in [0.25, 0.3) is 0 Å². The molecule has 3 heteroatoms. The minimum atomic E-state index is 0.478. The summed E-state index contributed by atoms with van der Waals surface area (Å²) in [6.07, 6.45) is 2.92. The molecule has 1 aromatic rings. The molecule has 0 saturated heterocycles. The fourth-order valence-corrected chi connectivity index (χ4v) is 2.40. The Bertz CT molecular complexity index is 376. The number of benzene rings is 1. The lowest BCUT2D eigenvalue weighted by Gasteiger charge is -2.08. The fraction of sp³-hybridized carbons (Fsp3) is 0.417. The normalized spacial score (nSPS) is 21.9. The summed E-state index contributed by atoms with van der Waals surface area (Å²) < 4.78 is 0. The fourth-order valence-electron chi connectivity index (χ4n) is 2.24. The van der Waals surface area contributed by atoms with Crippen molar-refractivity contribution in [2.45, 2.75) is 25.2 Å². The Kier molecular flexibility index (Phi) is 3.27. The van der Waals surface area contributed by atoms with E-state index >= 15 is 0 Å². The number of nitrogens with zero attached hydrogens (tertiary/aromatic N) is 1. The van der Waals surface area contributed by atoms with Crippen LogP contribution >= 0.6 is 11.6 Å². The summed E-state index contributed by atoms with van der Waals surface area (Å²) in [5.41, 5.74) is 3.21. The predicted octanol–water partition coefficient (Wildman–Crippen LogP) is 3.37. The molecule has 1 aliphatic rings. The number of fused-ring (bicyclic) bond motifs is 1. The first-order chi connectivity index (χ1) is 7.36.